The number of nitrogens with zero attached hydrogens (tertiary/aromatic N) is 2. The van der Waals surface area contributed by atoms with Gasteiger partial charge in [0.25, 0.3) is 0 Å². The molecule has 2 rings (SSSR count). The molecule has 84 valence electrons. The molecule has 2 heterocycles. The van der Waals surface area contributed by atoms with Crippen LogP contribution in [0.15, 0.2) is 12.4 Å². The van der Waals surface area contributed by atoms with E-state index in [0.29, 0.717) is 12.5 Å². The van der Waals surface area contributed by atoms with Crippen molar-refractivity contribution in [1.82, 2.24) is 15.1 Å². The van der Waals surface area contributed by atoms with Gasteiger partial charge in [-0.05, 0) is 25.8 Å². The van der Waals surface area contributed by atoms with Gasteiger partial charge in [-0.3, -0.25) is 4.68 Å². The fourth-order valence-electron chi connectivity index (χ4n) is 1.85. The highest BCUT2D eigenvalue weighted by atomic mass is 16.5. The van der Waals surface area contributed by atoms with E-state index < -0.39 is 0 Å². The first-order chi connectivity index (χ1) is 7.38. The van der Waals surface area contributed by atoms with Crippen molar-refractivity contribution in [3.63, 3.8) is 0 Å². The Morgan fingerprint density at radius 3 is 3.27 bits per heavy atom. The van der Waals surface area contributed by atoms with E-state index in [1.165, 1.54) is 12.0 Å². The zero-order valence-corrected chi connectivity index (χ0v) is 9.28. The number of aryl methyl sites for hydroxylation is 1. The molecule has 1 N–H and O–H groups in total. The number of rotatable bonds is 5. The molecule has 0 aliphatic carbocycles. The Morgan fingerprint density at radius 2 is 2.60 bits per heavy atom. The first-order valence-corrected chi connectivity index (χ1v) is 5.68. The molecule has 0 aromatic carbocycles. The van der Waals surface area contributed by atoms with Crippen LogP contribution in [0.2, 0.25) is 0 Å². The van der Waals surface area contributed by atoms with Crippen molar-refractivity contribution < 1.29 is 4.74 Å². The zero-order chi connectivity index (χ0) is 10.5. The summed E-state index contributed by atoms with van der Waals surface area (Å²) in [4.78, 5) is 0. The summed E-state index contributed by atoms with van der Waals surface area (Å²) in [7, 11) is 0. The summed E-state index contributed by atoms with van der Waals surface area (Å²) >= 11 is 0. The molecule has 1 aliphatic rings. The molecule has 1 aromatic rings. The minimum Gasteiger partial charge on any atom is -0.376 e. The summed E-state index contributed by atoms with van der Waals surface area (Å²) in [5.41, 5.74) is 1.17. The third-order valence-electron chi connectivity index (χ3n) is 2.80. The monoisotopic (exact) mass is 209 g/mol. The number of aromatic nitrogens is 2. The first kappa shape index (κ1) is 10.6. The average Bonchev–Trinajstić information content (AvgIpc) is 2.88. The van der Waals surface area contributed by atoms with Gasteiger partial charge < -0.3 is 10.1 Å². The molecule has 15 heavy (non-hydrogen) atoms. The van der Waals surface area contributed by atoms with Gasteiger partial charge in [0, 0.05) is 24.8 Å². The number of nitrogens with one attached hydrogen (secondary N) is 1. The van der Waals surface area contributed by atoms with Crippen molar-refractivity contribution >= 4 is 0 Å². The number of hydrogen-bond donors (Lipinski definition) is 1. The summed E-state index contributed by atoms with van der Waals surface area (Å²) < 4.78 is 7.59. The third kappa shape index (κ3) is 3.04. The fraction of sp³-hybridized carbons (Fsp3) is 0.727. The molecule has 0 saturated carbocycles. The van der Waals surface area contributed by atoms with E-state index in [0.717, 1.165) is 26.2 Å². The molecule has 1 aliphatic heterocycles. The lowest BCUT2D eigenvalue weighted by atomic mass is 10.1. The molecule has 1 aromatic heterocycles. The molecule has 1 atom stereocenters. The Kier molecular flexibility index (Phi) is 3.75. The summed E-state index contributed by atoms with van der Waals surface area (Å²) in [6, 6.07) is 0. The second-order valence-electron chi connectivity index (χ2n) is 4.08. The van der Waals surface area contributed by atoms with Gasteiger partial charge in [0.05, 0.1) is 19.4 Å². The zero-order valence-electron chi connectivity index (χ0n) is 9.28. The fourth-order valence-corrected chi connectivity index (χ4v) is 1.85. The molecule has 0 amide bonds. The van der Waals surface area contributed by atoms with E-state index in [-0.39, 0.29) is 0 Å². The van der Waals surface area contributed by atoms with E-state index in [2.05, 4.69) is 17.3 Å². The van der Waals surface area contributed by atoms with E-state index in [4.69, 9.17) is 4.74 Å². The molecule has 0 bridgehead atoms. The Morgan fingerprint density at radius 1 is 1.67 bits per heavy atom. The van der Waals surface area contributed by atoms with Gasteiger partial charge in [-0.2, -0.15) is 5.10 Å². The molecule has 4 nitrogen and oxygen atoms in total. The summed E-state index contributed by atoms with van der Waals surface area (Å²) in [5, 5.41) is 7.55. The van der Waals surface area contributed by atoms with Crippen LogP contribution in [0, 0.1) is 5.92 Å². The van der Waals surface area contributed by atoms with E-state index in [9.17, 15) is 0 Å². The highest BCUT2D eigenvalue weighted by Crippen LogP contribution is 2.09. The number of hydrogen-bond acceptors (Lipinski definition) is 3. The second-order valence-corrected chi connectivity index (χ2v) is 4.08. The summed E-state index contributed by atoms with van der Waals surface area (Å²) in [5.74, 6) is 0.700. The Hall–Kier alpha value is -0.870. The lowest BCUT2D eigenvalue weighted by molar-refractivity contribution is 0.0924. The standard InChI is InChI=1S/C11H19N3O/c1-2-14-7-11(6-13-14)9-15-8-10-3-4-12-5-10/h6-7,10,12H,2-5,8-9H2,1H3. The van der Waals surface area contributed by atoms with Gasteiger partial charge >= 0.3 is 0 Å². The van der Waals surface area contributed by atoms with Crippen molar-refractivity contribution in [2.45, 2.75) is 26.5 Å². The van der Waals surface area contributed by atoms with Crippen molar-refractivity contribution in [1.29, 1.82) is 0 Å². The predicted octanol–water partition coefficient (Wildman–Crippen LogP) is 1.03. The maximum absolute atomic E-state index is 5.67. The molecule has 4 heteroatoms. The van der Waals surface area contributed by atoms with Gasteiger partial charge in [-0.1, -0.05) is 0 Å². The average molecular weight is 209 g/mol. The van der Waals surface area contributed by atoms with Crippen molar-refractivity contribution in [3.8, 4) is 0 Å². The Bertz CT molecular complexity index is 292. The van der Waals surface area contributed by atoms with Crippen LogP contribution < -0.4 is 5.32 Å². The van der Waals surface area contributed by atoms with E-state index in [1.807, 2.05) is 17.1 Å². The van der Waals surface area contributed by atoms with Crippen LogP contribution in [0.5, 0.6) is 0 Å². The van der Waals surface area contributed by atoms with Crippen LogP contribution in [0.25, 0.3) is 0 Å². The summed E-state index contributed by atoms with van der Waals surface area (Å²) in [6.07, 6.45) is 5.18. The SMILES string of the molecule is CCn1cc(COCC2CCNC2)cn1. The van der Waals surface area contributed by atoms with Crippen molar-refractivity contribution in [2.24, 2.45) is 5.92 Å². The van der Waals surface area contributed by atoms with Crippen LogP contribution >= 0.6 is 0 Å². The maximum atomic E-state index is 5.67. The van der Waals surface area contributed by atoms with Gasteiger partial charge in [0.15, 0.2) is 0 Å². The lowest BCUT2D eigenvalue weighted by Gasteiger charge is -2.07. The minimum atomic E-state index is 0.691. The predicted molar refractivity (Wildman–Crippen MR) is 58.5 cm³/mol. The molecular formula is C11H19N3O. The van der Waals surface area contributed by atoms with Gasteiger partial charge in [0.1, 0.15) is 0 Å². The van der Waals surface area contributed by atoms with Crippen molar-refractivity contribution in [3.05, 3.63) is 18.0 Å². The third-order valence-corrected chi connectivity index (χ3v) is 2.80. The highest BCUT2D eigenvalue weighted by molar-refractivity contribution is 5.01. The number of ether oxygens (including phenoxy) is 1. The van der Waals surface area contributed by atoms with Crippen molar-refractivity contribution in [2.75, 3.05) is 19.7 Å². The van der Waals surface area contributed by atoms with E-state index in [1.54, 1.807) is 0 Å². The lowest BCUT2D eigenvalue weighted by Crippen LogP contribution is -2.13. The molecule has 1 unspecified atom stereocenters. The molecular weight excluding hydrogens is 190 g/mol. The summed E-state index contributed by atoms with van der Waals surface area (Å²) in [6.45, 7) is 6.81. The van der Waals surface area contributed by atoms with E-state index >= 15 is 0 Å². The normalized spacial score (nSPS) is 21.0. The highest BCUT2D eigenvalue weighted by Gasteiger charge is 2.14. The van der Waals surface area contributed by atoms with Crippen LogP contribution in [0.1, 0.15) is 18.9 Å². The quantitative estimate of drug-likeness (QED) is 0.787. The molecule has 0 spiro atoms. The second kappa shape index (κ2) is 5.28. The maximum Gasteiger partial charge on any atom is 0.0747 e. The van der Waals surface area contributed by atoms with Crippen LogP contribution in [-0.2, 0) is 17.9 Å². The van der Waals surface area contributed by atoms with Crippen LogP contribution in [-0.4, -0.2) is 29.5 Å². The van der Waals surface area contributed by atoms with Gasteiger partial charge in [-0.15, -0.1) is 0 Å². The minimum absolute atomic E-state index is 0.691. The van der Waals surface area contributed by atoms with Crippen LogP contribution in [0.3, 0.4) is 0 Å². The largest absolute Gasteiger partial charge is 0.376 e. The Labute approximate surface area is 90.6 Å². The van der Waals surface area contributed by atoms with Crippen LogP contribution in [0.4, 0.5) is 0 Å². The topological polar surface area (TPSA) is 39.1 Å². The molecule has 1 fully saturated rings. The Balaban J connectivity index is 1.68. The van der Waals surface area contributed by atoms with Gasteiger partial charge in [0.2, 0.25) is 0 Å². The molecule has 1 saturated heterocycles. The van der Waals surface area contributed by atoms with Gasteiger partial charge in [-0.25, -0.2) is 0 Å². The smallest absolute Gasteiger partial charge is 0.0747 e. The molecule has 0 radical (unpaired) electrons. The first-order valence-electron chi connectivity index (χ1n) is 5.68.